The highest BCUT2D eigenvalue weighted by Gasteiger charge is 2.24. The number of nitrogens with zero attached hydrogens (tertiary/aromatic N) is 3. The Bertz CT molecular complexity index is 953. The summed E-state index contributed by atoms with van der Waals surface area (Å²) in [7, 11) is 0. The van der Waals surface area contributed by atoms with Crippen molar-refractivity contribution in [1.29, 1.82) is 0 Å². The van der Waals surface area contributed by atoms with Gasteiger partial charge in [0, 0.05) is 45.0 Å². The van der Waals surface area contributed by atoms with Gasteiger partial charge < -0.3 is 19.2 Å². The number of carbonyl (C=O) groups is 2. The van der Waals surface area contributed by atoms with Crippen molar-refractivity contribution in [3.05, 3.63) is 53.7 Å². The number of aromatic amines is 1. The molecule has 2 amide bonds. The lowest BCUT2D eigenvalue weighted by atomic mass is 10.1. The van der Waals surface area contributed by atoms with Crippen LogP contribution in [0.25, 0.3) is 11.1 Å². The number of amides is 2. The van der Waals surface area contributed by atoms with E-state index in [0.29, 0.717) is 50.5 Å². The van der Waals surface area contributed by atoms with Gasteiger partial charge in [-0.1, -0.05) is 6.07 Å². The number of fused-ring (bicyclic) bond motifs is 1. The van der Waals surface area contributed by atoms with Crippen LogP contribution in [0.5, 0.6) is 0 Å². The largest absolute Gasteiger partial charge is 0.441 e. The third-order valence-electron chi connectivity index (χ3n) is 4.90. The zero-order valence-electron chi connectivity index (χ0n) is 15.3. The highest BCUT2D eigenvalue weighted by Crippen LogP contribution is 2.18. The van der Waals surface area contributed by atoms with Gasteiger partial charge in [0.2, 0.25) is 11.8 Å². The molecule has 0 saturated carbocycles. The summed E-state index contributed by atoms with van der Waals surface area (Å²) in [5.74, 6) is 0.784. The molecule has 1 fully saturated rings. The number of hydrogen-bond donors (Lipinski definition) is 1. The predicted molar refractivity (Wildman–Crippen MR) is 100 cm³/mol. The lowest BCUT2D eigenvalue weighted by Crippen LogP contribution is -2.51. The molecule has 7 nitrogen and oxygen atoms in total. The molecular weight excluding hydrogens is 344 g/mol. The highest BCUT2D eigenvalue weighted by molar-refractivity contribution is 5.82. The fourth-order valence-electron chi connectivity index (χ4n) is 3.44. The quantitative estimate of drug-likeness (QED) is 0.765. The zero-order valence-corrected chi connectivity index (χ0v) is 15.3. The van der Waals surface area contributed by atoms with Gasteiger partial charge in [-0.15, -0.1) is 0 Å². The zero-order chi connectivity index (χ0) is 18.8. The van der Waals surface area contributed by atoms with Crippen molar-refractivity contribution < 1.29 is 14.0 Å². The van der Waals surface area contributed by atoms with Crippen molar-refractivity contribution >= 4 is 22.9 Å². The topological polar surface area (TPSA) is 82.4 Å². The van der Waals surface area contributed by atoms with Gasteiger partial charge in [0.1, 0.15) is 5.52 Å². The van der Waals surface area contributed by atoms with E-state index < -0.39 is 0 Å². The first-order chi connectivity index (χ1) is 13.1. The van der Waals surface area contributed by atoms with E-state index in [1.807, 2.05) is 46.3 Å². The molecule has 0 unspecified atom stereocenters. The monoisotopic (exact) mass is 366 g/mol. The van der Waals surface area contributed by atoms with Crippen LogP contribution in [0.15, 0.2) is 40.9 Å². The molecule has 4 rings (SSSR count). The summed E-state index contributed by atoms with van der Waals surface area (Å²) < 4.78 is 5.54. The first-order valence-electron chi connectivity index (χ1n) is 9.12. The molecule has 140 valence electrons. The molecule has 1 aliphatic rings. The van der Waals surface area contributed by atoms with E-state index in [9.17, 15) is 9.59 Å². The Labute approximate surface area is 157 Å². The van der Waals surface area contributed by atoms with Crippen molar-refractivity contribution in [3.8, 4) is 0 Å². The van der Waals surface area contributed by atoms with Crippen LogP contribution in [-0.4, -0.2) is 57.8 Å². The van der Waals surface area contributed by atoms with Crippen LogP contribution in [0.2, 0.25) is 0 Å². The molecule has 1 aromatic carbocycles. The van der Waals surface area contributed by atoms with Gasteiger partial charge in [-0.2, -0.15) is 0 Å². The average Bonchev–Trinajstić information content (AvgIpc) is 3.30. The maximum atomic E-state index is 12.6. The molecule has 0 radical (unpaired) electrons. The fourth-order valence-corrected chi connectivity index (χ4v) is 3.44. The minimum Gasteiger partial charge on any atom is -0.441 e. The highest BCUT2D eigenvalue weighted by atomic mass is 16.3. The first-order valence-corrected chi connectivity index (χ1v) is 9.12. The molecule has 1 saturated heterocycles. The number of piperazine rings is 1. The summed E-state index contributed by atoms with van der Waals surface area (Å²) in [4.78, 5) is 35.9. The average molecular weight is 366 g/mol. The molecule has 0 spiro atoms. The van der Waals surface area contributed by atoms with Crippen LogP contribution >= 0.6 is 0 Å². The van der Waals surface area contributed by atoms with E-state index in [2.05, 4.69) is 9.97 Å². The van der Waals surface area contributed by atoms with Gasteiger partial charge in [-0.3, -0.25) is 9.59 Å². The number of benzene rings is 1. The number of aromatic nitrogens is 2. The molecule has 2 aromatic heterocycles. The smallest absolute Gasteiger partial charge is 0.228 e. The second-order valence-electron chi connectivity index (χ2n) is 6.85. The van der Waals surface area contributed by atoms with E-state index in [1.54, 1.807) is 6.92 Å². The molecule has 3 aromatic rings. The molecule has 0 atom stereocenters. The number of nitrogens with one attached hydrogen (secondary N) is 1. The van der Waals surface area contributed by atoms with Crippen molar-refractivity contribution in [1.82, 2.24) is 19.8 Å². The number of H-pyrrole nitrogens is 1. The summed E-state index contributed by atoms with van der Waals surface area (Å²) in [6.45, 7) is 4.09. The molecular formula is C20H22N4O3. The van der Waals surface area contributed by atoms with Gasteiger partial charge in [0.25, 0.3) is 0 Å². The standard InChI is InChI=1S/C20H22N4O3/c1-14-22-17-5-4-15(11-18(17)27-14)12-19(25)23-7-9-24(10-8-23)20(26)13-16-3-2-6-21-16/h2-6,11,21H,7-10,12-13H2,1H3. The summed E-state index contributed by atoms with van der Waals surface area (Å²) in [6, 6.07) is 9.47. The van der Waals surface area contributed by atoms with Crippen LogP contribution in [0.1, 0.15) is 17.1 Å². The maximum Gasteiger partial charge on any atom is 0.228 e. The van der Waals surface area contributed by atoms with Crippen molar-refractivity contribution in [2.24, 2.45) is 0 Å². The Morgan fingerprint density at radius 3 is 2.44 bits per heavy atom. The van der Waals surface area contributed by atoms with Crippen LogP contribution in [0.4, 0.5) is 0 Å². The second kappa shape index (κ2) is 7.26. The van der Waals surface area contributed by atoms with Gasteiger partial charge >= 0.3 is 0 Å². The maximum absolute atomic E-state index is 12.6. The molecule has 1 aliphatic heterocycles. The van der Waals surface area contributed by atoms with E-state index in [0.717, 1.165) is 16.8 Å². The third-order valence-corrected chi connectivity index (χ3v) is 4.90. The van der Waals surface area contributed by atoms with Gasteiger partial charge in [0.15, 0.2) is 11.5 Å². The van der Waals surface area contributed by atoms with Crippen molar-refractivity contribution in [2.75, 3.05) is 26.2 Å². The summed E-state index contributed by atoms with van der Waals surface area (Å²) >= 11 is 0. The Morgan fingerprint density at radius 2 is 1.78 bits per heavy atom. The Balaban J connectivity index is 1.31. The summed E-state index contributed by atoms with van der Waals surface area (Å²) in [5.41, 5.74) is 3.33. The summed E-state index contributed by atoms with van der Waals surface area (Å²) in [5, 5.41) is 0. The van der Waals surface area contributed by atoms with Crippen molar-refractivity contribution in [3.63, 3.8) is 0 Å². The minimum atomic E-state index is 0.0713. The van der Waals surface area contributed by atoms with Crippen LogP contribution in [0.3, 0.4) is 0 Å². The van der Waals surface area contributed by atoms with Gasteiger partial charge in [-0.25, -0.2) is 4.98 Å². The van der Waals surface area contributed by atoms with E-state index in [4.69, 9.17) is 4.42 Å². The molecule has 0 bridgehead atoms. The summed E-state index contributed by atoms with van der Waals surface area (Å²) in [6.07, 6.45) is 2.51. The van der Waals surface area contributed by atoms with Crippen LogP contribution < -0.4 is 0 Å². The van der Waals surface area contributed by atoms with Gasteiger partial charge in [-0.05, 0) is 29.8 Å². The lowest BCUT2D eigenvalue weighted by Gasteiger charge is -2.35. The molecule has 0 aliphatic carbocycles. The van der Waals surface area contributed by atoms with Gasteiger partial charge in [0.05, 0.1) is 12.8 Å². The van der Waals surface area contributed by atoms with E-state index in [1.165, 1.54) is 0 Å². The normalized spacial score (nSPS) is 14.7. The molecule has 3 heterocycles. The predicted octanol–water partition coefficient (Wildman–Crippen LogP) is 1.92. The fraction of sp³-hybridized carbons (Fsp3) is 0.350. The second-order valence-corrected chi connectivity index (χ2v) is 6.85. The first kappa shape index (κ1) is 17.3. The van der Waals surface area contributed by atoms with Crippen LogP contribution in [-0.2, 0) is 22.4 Å². The Morgan fingerprint density at radius 1 is 1.07 bits per heavy atom. The Kier molecular flexibility index (Phi) is 4.66. The van der Waals surface area contributed by atoms with Crippen molar-refractivity contribution in [2.45, 2.75) is 19.8 Å². The lowest BCUT2D eigenvalue weighted by molar-refractivity contribution is -0.138. The number of hydrogen-bond acceptors (Lipinski definition) is 4. The SMILES string of the molecule is Cc1nc2ccc(CC(=O)N3CCN(C(=O)Cc4ccc[nH]4)CC3)cc2o1. The number of rotatable bonds is 4. The van der Waals surface area contributed by atoms with Crippen LogP contribution in [0, 0.1) is 6.92 Å². The number of oxazole rings is 1. The number of carbonyl (C=O) groups excluding carboxylic acids is 2. The molecule has 1 N–H and O–H groups in total. The minimum absolute atomic E-state index is 0.0713. The van der Waals surface area contributed by atoms with E-state index >= 15 is 0 Å². The number of aryl methyl sites for hydroxylation is 1. The molecule has 7 heteroatoms. The third kappa shape index (κ3) is 3.86. The Hall–Kier alpha value is -3.09. The molecule has 27 heavy (non-hydrogen) atoms. The van der Waals surface area contributed by atoms with E-state index in [-0.39, 0.29) is 11.8 Å².